The molecule has 18 heteroatoms. The summed E-state index contributed by atoms with van der Waals surface area (Å²) in [6, 6.07) is 20.1. The van der Waals surface area contributed by atoms with E-state index in [0.29, 0.717) is 6.54 Å². The van der Waals surface area contributed by atoms with Crippen LogP contribution in [0.2, 0.25) is 0 Å². The zero-order chi connectivity index (χ0) is 27.6. The molecule has 0 aliphatic heterocycles. The van der Waals surface area contributed by atoms with Crippen molar-refractivity contribution in [1.29, 1.82) is 0 Å². The summed E-state index contributed by atoms with van der Waals surface area (Å²) in [4.78, 5) is 44.0. The number of para-hydroxylation sites is 2. The normalized spacial score (nSPS) is 9.29. The summed E-state index contributed by atoms with van der Waals surface area (Å²) in [6.45, 7) is 2.20. The van der Waals surface area contributed by atoms with Gasteiger partial charge in [-0.05, 0) is 36.4 Å². The predicted molar refractivity (Wildman–Crippen MR) is 129 cm³/mol. The zero-order valence-electron chi connectivity index (χ0n) is 19.2. The molecule has 4 aromatic rings. The number of pyridine rings is 2. The van der Waals surface area contributed by atoms with Gasteiger partial charge in [-0.15, -0.1) is 0 Å². The molecule has 0 radical (unpaired) electrons. The minimum absolute atomic E-state index is 0. The third-order valence-electron chi connectivity index (χ3n) is 4.04. The Balaban J connectivity index is 0.000000895. The number of benzene rings is 1. The van der Waals surface area contributed by atoms with Crippen LogP contribution in [0.4, 0.5) is 0 Å². The summed E-state index contributed by atoms with van der Waals surface area (Å²) in [5.41, 5.74) is 4.13. The number of imidazole rings is 1. The molecule has 0 atom stereocenters. The predicted octanol–water partition coefficient (Wildman–Crippen LogP) is 2.84. The summed E-state index contributed by atoms with van der Waals surface area (Å²) in [6.07, 6.45) is 3.66. The molecule has 1 aromatic carbocycles. The van der Waals surface area contributed by atoms with Gasteiger partial charge < -0.3 is 50.9 Å². The van der Waals surface area contributed by atoms with Gasteiger partial charge in [0, 0.05) is 25.5 Å². The molecule has 3 aromatic heterocycles. The summed E-state index contributed by atoms with van der Waals surface area (Å²) >= 11 is 0. The monoisotopic (exact) mass is 668 g/mol. The van der Waals surface area contributed by atoms with Gasteiger partial charge in [-0.25, -0.2) is 4.98 Å². The van der Waals surface area contributed by atoms with E-state index in [4.69, 9.17) is 50.9 Å². The van der Waals surface area contributed by atoms with E-state index in [1.807, 2.05) is 73.1 Å². The van der Waals surface area contributed by atoms with Gasteiger partial charge >= 0.3 is 49.4 Å². The van der Waals surface area contributed by atoms with E-state index in [0.717, 1.165) is 41.3 Å². The summed E-state index contributed by atoms with van der Waals surface area (Å²) in [7, 11) is 0. The third-order valence-corrected chi connectivity index (χ3v) is 4.04. The number of H-pyrrole nitrogens is 1. The van der Waals surface area contributed by atoms with Gasteiger partial charge in [0.05, 0.1) is 44.2 Å². The van der Waals surface area contributed by atoms with Crippen molar-refractivity contribution in [2.45, 2.75) is 19.6 Å². The summed E-state index contributed by atoms with van der Waals surface area (Å²) in [5.74, 6) is 0.952. The standard InChI is InChI=1S/C20H19N5.Eu.3NO3/c1-2-10-19-18(9-1)23-20(24-19)15-25(13-16-7-3-5-11-21-16)14-17-8-4-6-12-22-17;;3*2-1(3)4/h1-12H,13-15H2,(H,23,24);;;;/q;+3;3*-1. The van der Waals surface area contributed by atoms with E-state index in [-0.39, 0.29) is 49.4 Å². The minimum Gasteiger partial charge on any atom is -0.356 e. The number of aromatic nitrogens is 4. The Morgan fingerprint density at radius 2 is 1.08 bits per heavy atom. The first-order chi connectivity index (χ1) is 17.6. The minimum atomic E-state index is -1.75. The number of aromatic amines is 1. The molecule has 0 saturated heterocycles. The largest absolute Gasteiger partial charge is 3.00 e. The maximum atomic E-state index is 8.25. The van der Waals surface area contributed by atoms with Gasteiger partial charge in [0.25, 0.3) is 0 Å². The molecule has 1 N–H and O–H groups in total. The first kappa shape index (κ1) is 34.1. The van der Waals surface area contributed by atoms with Gasteiger partial charge in [0.2, 0.25) is 0 Å². The van der Waals surface area contributed by atoms with Crippen LogP contribution in [0, 0.1) is 95.3 Å². The number of rotatable bonds is 6. The van der Waals surface area contributed by atoms with Crippen molar-refractivity contribution in [3.05, 3.63) is 136 Å². The fourth-order valence-electron chi connectivity index (χ4n) is 2.90. The van der Waals surface area contributed by atoms with Crippen LogP contribution in [-0.4, -0.2) is 40.1 Å². The first-order valence-corrected chi connectivity index (χ1v) is 9.97. The Labute approximate surface area is 254 Å². The quantitative estimate of drug-likeness (QED) is 0.229. The molecule has 4 rings (SSSR count). The first-order valence-electron chi connectivity index (χ1n) is 9.97. The second-order valence-electron chi connectivity index (χ2n) is 6.66. The van der Waals surface area contributed by atoms with Gasteiger partial charge in [-0.2, -0.15) is 0 Å². The van der Waals surface area contributed by atoms with Crippen LogP contribution in [0.25, 0.3) is 11.0 Å². The Hall–Kier alpha value is -3.87. The topological polar surface area (TPSA) is 256 Å². The molecule has 0 aliphatic carbocycles. The molecule has 0 fully saturated rings. The molecular weight excluding hydrogens is 648 g/mol. The summed E-state index contributed by atoms with van der Waals surface area (Å²) < 4.78 is 0. The molecular formula is C20H19EuN8O9. The number of nitrogens with one attached hydrogen (secondary N) is 1. The fourth-order valence-corrected chi connectivity index (χ4v) is 2.90. The van der Waals surface area contributed by atoms with E-state index in [9.17, 15) is 0 Å². The van der Waals surface area contributed by atoms with Crippen LogP contribution in [0.15, 0.2) is 73.1 Å². The third kappa shape index (κ3) is 16.7. The van der Waals surface area contributed by atoms with Crippen molar-refractivity contribution in [3.8, 4) is 0 Å². The molecule has 38 heavy (non-hydrogen) atoms. The number of hydrogen-bond acceptors (Lipinski definition) is 13. The fraction of sp³-hybridized carbons (Fsp3) is 0.150. The van der Waals surface area contributed by atoms with Crippen LogP contribution in [0.3, 0.4) is 0 Å². The molecule has 0 aliphatic rings. The number of hydrogen-bond donors (Lipinski definition) is 1. The van der Waals surface area contributed by atoms with Crippen molar-refractivity contribution in [2.24, 2.45) is 0 Å². The van der Waals surface area contributed by atoms with E-state index in [1.54, 1.807) is 0 Å². The SMILES string of the molecule is O=[N+]([O-])[O-].O=[N+]([O-])[O-].O=[N+]([O-])[O-].[Eu+3].c1ccc(CN(Cc2ccccn2)Cc2nc3ccccc3[nH]2)nc1. The second-order valence-corrected chi connectivity index (χ2v) is 6.66. The van der Waals surface area contributed by atoms with Crippen LogP contribution >= 0.6 is 0 Å². The van der Waals surface area contributed by atoms with E-state index in [2.05, 4.69) is 19.9 Å². The van der Waals surface area contributed by atoms with Gasteiger partial charge in [0.15, 0.2) is 0 Å². The van der Waals surface area contributed by atoms with Crippen molar-refractivity contribution >= 4 is 11.0 Å². The smallest absolute Gasteiger partial charge is 0.356 e. The Kier molecular flexibility index (Phi) is 17.3. The van der Waals surface area contributed by atoms with Crippen molar-refractivity contribution < 1.29 is 64.6 Å². The number of fused-ring (bicyclic) bond motifs is 1. The molecule has 0 amide bonds. The molecule has 3 heterocycles. The van der Waals surface area contributed by atoms with E-state index >= 15 is 0 Å². The second kappa shape index (κ2) is 19.3. The van der Waals surface area contributed by atoms with Gasteiger partial charge in [0.1, 0.15) is 5.82 Å². The maximum absolute atomic E-state index is 8.25. The molecule has 0 unspecified atom stereocenters. The average molecular weight is 667 g/mol. The van der Waals surface area contributed by atoms with Crippen molar-refractivity contribution in [2.75, 3.05) is 0 Å². The van der Waals surface area contributed by atoms with Gasteiger partial charge in [-0.1, -0.05) is 24.3 Å². The van der Waals surface area contributed by atoms with Crippen LogP contribution in [0.5, 0.6) is 0 Å². The molecule has 0 saturated carbocycles. The molecule has 17 nitrogen and oxygen atoms in total. The Bertz CT molecular complexity index is 1130. The maximum Gasteiger partial charge on any atom is 3.00 e. The van der Waals surface area contributed by atoms with Crippen LogP contribution < -0.4 is 0 Å². The number of nitrogens with zero attached hydrogens (tertiary/aromatic N) is 7. The molecule has 0 bridgehead atoms. The van der Waals surface area contributed by atoms with Crippen molar-refractivity contribution in [3.63, 3.8) is 0 Å². The van der Waals surface area contributed by atoms with E-state index < -0.39 is 15.3 Å². The van der Waals surface area contributed by atoms with E-state index in [1.165, 1.54) is 0 Å². The average Bonchev–Trinajstić information content (AvgIpc) is 3.22. The zero-order valence-corrected chi connectivity index (χ0v) is 21.7. The Morgan fingerprint density at radius 3 is 1.47 bits per heavy atom. The Morgan fingerprint density at radius 1 is 0.658 bits per heavy atom. The van der Waals surface area contributed by atoms with Crippen LogP contribution in [0.1, 0.15) is 17.2 Å². The summed E-state index contributed by atoms with van der Waals surface area (Å²) in [5, 5.41) is 44.2. The van der Waals surface area contributed by atoms with Crippen molar-refractivity contribution in [1.82, 2.24) is 24.8 Å². The van der Waals surface area contributed by atoms with Crippen LogP contribution in [-0.2, 0) is 19.6 Å². The molecule has 200 valence electrons. The van der Waals surface area contributed by atoms with Gasteiger partial charge in [-0.3, -0.25) is 14.9 Å². The molecule has 0 spiro atoms.